The Morgan fingerprint density at radius 1 is 1.32 bits per heavy atom. The lowest BCUT2D eigenvalue weighted by Crippen LogP contribution is -2.19. The standard InChI is InChI=1S/C18H23N3O3S/c1-13-4-3-5-15(8-13)11-21-17(9-14(2)20-21)19-18(22)10-16-6-7-25(23,24)12-16/h3-5,8-9,16H,6-7,10-12H2,1-2H3,(H,19,22). The second-order valence-electron chi connectivity index (χ2n) is 6.84. The maximum Gasteiger partial charge on any atom is 0.225 e. The number of aromatic nitrogens is 2. The van der Waals surface area contributed by atoms with Crippen LogP contribution in [-0.4, -0.2) is 35.6 Å². The molecule has 0 saturated carbocycles. The number of hydrogen-bond acceptors (Lipinski definition) is 4. The summed E-state index contributed by atoms with van der Waals surface area (Å²) < 4.78 is 24.8. The van der Waals surface area contributed by atoms with E-state index in [1.165, 1.54) is 5.56 Å². The van der Waals surface area contributed by atoms with E-state index in [0.717, 1.165) is 11.3 Å². The van der Waals surface area contributed by atoms with Crippen LogP contribution >= 0.6 is 0 Å². The van der Waals surface area contributed by atoms with Crippen molar-refractivity contribution in [3.63, 3.8) is 0 Å². The summed E-state index contributed by atoms with van der Waals surface area (Å²) in [5.41, 5.74) is 3.11. The lowest BCUT2D eigenvalue weighted by atomic mass is 10.1. The average Bonchev–Trinajstić information content (AvgIpc) is 3.01. The van der Waals surface area contributed by atoms with E-state index in [1.54, 1.807) is 4.68 Å². The lowest BCUT2D eigenvalue weighted by molar-refractivity contribution is -0.116. The Labute approximate surface area is 148 Å². The first-order valence-electron chi connectivity index (χ1n) is 8.41. The van der Waals surface area contributed by atoms with Crippen LogP contribution in [0.15, 0.2) is 30.3 Å². The van der Waals surface area contributed by atoms with Gasteiger partial charge in [0.25, 0.3) is 0 Å². The topological polar surface area (TPSA) is 81.1 Å². The minimum atomic E-state index is -2.96. The van der Waals surface area contributed by atoms with Gasteiger partial charge in [-0.1, -0.05) is 29.8 Å². The van der Waals surface area contributed by atoms with Gasteiger partial charge in [-0.2, -0.15) is 5.10 Å². The van der Waals surface area contributed by atoms with Gasteiger partial charge in [0, 0.05) is 12.5 Å². The molecule has 1 N–H and O–H groups in total. The van der Waals surface area contributed by atoms with Crippen molar-refractivity contribution in [2.24, 2.45) is 5.92 Å². The van der Waals surface area contributed by atoms with Crippen molar-refractivity contribution in [3.05, 3.63) is 47.2 Å². The SMILES string of the molecule is Cc1cccc(Cn2nc(C)cc2NC(=O)CC2CCS(=O)(=O)C2)c1. The number of rotatable bonds is 5. The molecule has 134 valence electrons. The molecule has 0 spiro atoms. The van der Waals surface area contributed by atoms with Gasteiger partial charge in [0.15, 0.2) is 9.84 Å². The first kappa shape index (κ1) is 17.7. The zero-order valence-electron chi connectivity index (χ0n) is 14.5. The molecule has 0 radical (unpaired) electrons. The molecule has 6 nitrogen and oxygen atoms in total. The molecule has 0 aliphatic carbocycles. The van der Waals surface area contributed by atoms with E-state index in [2.05, 4.69) is 16.5 Å². The third-order valence-corrected chi connectivity index (χ3v) is 6.22. The summed E-state index contributed by atoms with van der Waals surface area (Å²) in [6.07, 6.45) is 0.797. The van der Waals surface area contributed by atoms with Crippen LogP contribution in [0.5, 0.6) is 0 Å². The second kappa shape index (κ2) is 7.00. The molecule has 1 amide bonds. The highest BCUT2D eigenvalue weighted by Gasteiger charge is 2.29. The molecule has 1 aliphatic rings. The summed E-state index contributed by atoms with van der Waals surface area (Å²) in [4.78, 5) is 12.3. The Kier molecular flexibility index (Phi) is 4.94. The Balaban J connectivity index is 1.67. The number of benzene rings is 1. The number of hydrogen-bond donors (Lipinski definition) is 1. The van der Waals surface area contributed by atoms with Crippen LogP contribution in [0.3, 0.4) is 0 Å². The number of anilines is 1. The molecular formula is C18H23N3O3S. The summed E-state index contributed by atoms with van der Waals surface area (Å²) in [6.45, 7) is 4.49. The Hall–Kier alpha value is -2.15. The number of nitrogens with one attached hydrogen (secondary N) is 1. The maximum absolute atomic E-state index is 12.3. The molecule has 1 aromatic heterocycles. The van der Waals surface area contributed by atoms with Gasteiger partial charge in [-0.05, 0) is 31.7 Å². The van der Waals surface area contributed by atoms with Crippen LogP contribution in [0.2, 0.25) is 0 Å². The third-order valence-electron chi connectivity index (χ3n) is 4.39. The van der Waals surface area contributed by atoms with Gasteiger partial charge in [-0.25, -0.2) is 13.1 Å². The number of nitrogens with zero attached hydrogens (tertiary/aromatic N) is 2. The summed E-state index contributed by atoms with van der Waals surface area (Å²) in [6, 6.07) is 9.99. The Bertz CT molecular complexity index is 887. The fourth-order valence-electron chi connectivity index (χ4n) is 3.24. The number of aryl methyl sites for hydroxylation is 2. The first-order valence-corrected chi connectivity index (χ1v) is 10.2. The highest BCUT2D eigenvalue weighted by Crippen LogP contribution is 2.22. The Morgan fingerprint density at radius 3 is 2.80 bits per heavy atom. The fraction of sp³-hybridized carbons (Fsp3) is 0.444. The van der Waals surface area contributed by atoms with Crippen molar-refractivity contribution in [1.82, 2.24) is 9.78 Å². The molecule has 0 bridgehead atoms. The predicted octanol–water partition coefficient (Wildman–Crippen LogP) is 2.31. The van der Waals surface area contributed by atoms with Crippen molar-refractivity contribution in [3.8, 4) is 0 Å². The van der Waals surface area contributed by atoms with Crippen LogP contribution < -0.4 is 5.32 Å². The predicted molar refractivity (Wildman–Crippen MR) is 97.3 cm³/mol. The largest absolute Gasteiger partial charge is 0.311 e. The van der Waals surface area contributed by atoms with E-state index in [-0.39, 0.29) is 29.8 Å². The summed E-state index contributed by atoms with van der Waals surface area (Å²) >= 11 is 0. The van der Waals surface area contributed by atoms with E-state index in [0.29, 0.717) is 18.8 Å². The molecule has 3 rings (SSSR count). The smallest absolute Gasteiger partial charge is 0.225 e. The van der Waals surface area contributed by atoms with Gasteiger partial charge in [0.2, 0.25) is 5.91 Å². The summed E-state index contributed by atoms with van der Waals surface area (Å²) in [5, 5.41) is 7.34. The molecule has 1 aromatic carbocycles. The van der Waals surface area contributed by atoms with Gasteiger partial charge < -0.3 is 5.32 Å². The molecule has 25 heavy (non-hydrogen) atoms. The minimum Gasteiger partial charge on any atom is -0.311 e. The van der Waals surface area contributed by atoms with Crippen LogP contribution in [0.4, 0.5) is 5.82 Å². The molecule has 1 aliphatic heterocycles. The zero-order valence-corrected chi connectivity index (χ0v) is 15.3. The molecule has 2 heterocycles. The first-order chi connectivity index (χ1) is 11.8. The van der Waals surface area contributed by atoms with E-state index in [9.17, 15) is 13.2 Å². The normalized spacial score (nSPS) is 19.0. The van der Waals surface area contributed by atoms with Gasteiger partial charge in [0.05, 0.1) is 23.7 Å². The van der Waals surface area contributed by atoms with Gasteiger partial charge in [-0.3, -0.25) is 4.79 Å². The fourth-order valence-corrected chi connectivity index (χ4v) is 5.10. The quantitative estimate of drug-likeness (QED) is 0.886. The van der Waals surface area contributed by atoms with Crippen LogP contribution in [0, 0.1) is 19.8 Å². The summed E-state index contributed by atoms with van der Waals surface area (Å²) in [7, 11) is -2.96. The second-order valence-corrected chi connectivity index (χ2v) is 9.07. The van der Waals surface area contributed by atoms with E-state index < -0.39 is 9.84 Å². The number of sulfone groups is 1. The van der Waals surface area contributed by atoms with Crippen molar-refractivity contribution in [1.29, 1.82) is 0 Å². The summed E-state index contributed by atoms with van der Waals surface area (Å²) in [5.74, 6) is 0.703. The van der Waals surface area contributed by atoms with Crippen molar-refractivity contribution < 1.29 is 13.2 Å². The molecule has 1 fully saturated rings. The highest BCUT2D eigenvalue weighted by molar-refractivity contribution is 7.91. The Morgan fingerprint density at radius 2 is 2.12 bits per heavy atom. The number of carbonyl (C=O) groups excluding carboxylic acids is 1. The lowest BCUT2D eigenvalue weighted by Gasteiger charge is -2.11. The third kappa shape index (κ3) is 4.69. The monoisotopic (exact) mass is 361 g/mol. The van der Waals surface area contributed by atoms with Crippen LogP contribution in [0.25, 0.3) is 0 Å². The number of amides is 1. The molecule has 7 heteroatoms. The molecule has 1 unspecified atom stereocenters. The van der Waals surface area contributed by atoms with Crippen molar-refractivity contribution in [2.75, 3.05) is 16.8 Å². The highest BCUT2D eigenvalue weighted by atomic mass is 32.2. The van der Waals surface area contributed by atoms with E-state index >= 15 is 0 Å². The van der Waals surface area contributed by atoms with Crippen molar-refractivity contribution >= 4 is 21.6 Å². The van der Waals surface area contributed by atoms with Crippen LogP contribution in [0.1, 0.15) is 29.7 Å². The molecule has 2 aromatic rings. The van der Waals surface area contributed by atoms with Gasteiger partial charge >= 0.3 is 0 Å². The van der Waals surface area contributed by atoms with Crippen molar-refractivity contribution in [2.45, 2.75) is 33.2 Å². The molecule has 1 saturated heterocycles. The van der Waals surface area contributed by atoms with Gasteiger partial charge in [-0.15, -0.1) is 0 Å². The van der Waals surface area contributed by atoms with Gasteiger partial charge in [0.1, 0.15) is 5.82 Å². The number of carbonyl (C=O) groups is 1. The van der Waals surface area contributed by atoms with E-state index in [4.69, 9.17) is 0 Å². The molecular weight excluding hydrogens is 338 g/mol. The maximum atomic E-state index is 12.3. The average molecular weight is 361 g/mol. The van der Waals surface area contributed by atoms with E-state index in [1.807, 2.05) is 38.1 Å². The van der Waals surface area contributed by atoms with Crippen LogP contribution in [-0.2, 0) is 21.2 Å². The molecule has 1 atom stereocenters. The minimum absolute atomic E-state index is 0.0840. The zero-order chi connectivity index (χ0) is 18.0.